The average molecular weight is 992 g/mol. The van der Waals surface area contributed by atoms with Crippen LogP contribution in [0.1, 0.15) is 39.4 Å². The number of carbonyl (C=O) groups excluding carboxylic acids is 1. The highest BCUT2D eigenvalue weighted by molar-refractivity contribution is 6.60. The third kappa shape index (κ3) is 35.2. The van der Waals surface area contributed by atoms with Crippen LogP contribution in [0.15, 0.2) is 24.3 Å². The quantitative estimate of drug-likeness (QED) is 0.0742. The van der Waals surface area contributed by atoms with Crippen LogP contribution < -0.4 is 10.1 Å². The molecule has 1 aromatic carbocycles. The van der Waals surface area contributed by atoms with Crippen LogP contribution in [0.3, 0.4) is 0 Å². The molecule has 0 spiro atoms. The molecule has 0 aliphatic rings. The molecule has 0 saturated heterocycles. The Morgan fingerprint density at radius 3 is 1.12 bits per heavy atom. The Bertz CT molecular complexity index is 1400. The van der Waals surface area contributed by atoms with E-state index in [2.05, 4.69) is 25.7 Å². The summed E-state index contributed by atoms with van der Waals surface area (Å²) in [5.74, 6) is 1.67. The van der Waals surface area contributed by atoms with E-state index in [1.54, 1.807) is 6.92 Å². The SMILES string of the molecule is CCO[Si](CCCNC(=O)CCOCCOCCOCCOCCOCCOCCOCCOCCOCCOCCOCCOCCOc1ccc(-c2nnc(C)nn2)cc1)(OCC)OCC. The van der Waals surface area contributed by atoms with Crippen molar-refractivity contribution in [2.75, 3.05) is 192 Å². The van der Waals surface area contributed by atoms with E-state index >= 15 is 0 Å². The Balaban J connectivity index is 1.17. The Hall–Kier alpha value is -2.95. The fourth-order valence-electron chi connectivity index (χ4n) is 5.62. The fraction of sp³-hybridized carbons (Fsp3) is 0.800. The molecule has 1 amide bonds. The number of hydrogen-bond acceptors (Lipinski definition) is 21. The van der Waals surface area contributed by atoms with Crippen molar-refractivity contribution in [2.45, 2.75) is 46.6 Å². The summed E-state index contributed by atoms with van der Waals surface area (Å²) >= 11 is 0. The average Bonchev–Trinajstić information content (AvgIpc) is 3.34. The molecule has 0 aliphatic carbocycles. The zero-order valence-corrected chi connectivity index (χ0v) is 42.2. The third-order valence-corrected chi connectivity index (χ3v) is 12.0. The van der Waals surface area contributed by atoms with Crippen LogP contribution in [0.4, 0.5) is 0 Å². The molecule has 0 unspecified atom stereocenters. The molecule has 1 heterocycles. The van der Waals surface area contributed by atoms with Crippen molar-refractivity contribution in [3.8, 4) is 17.1 Å². The molecule has 1 N–H and O–H groups in total. The number of aromatic nitrogens is 4. The summed E-state index contributed by atoms with van der Waals surface area (Å²) in [5, 5.41) is 18.8. The Morgan fingerprint density at radius 2 is 0.779 bits per heavy atom. The number of nitrogens with one attached hydrogen (secondary N) is 1. The first-order valence-corrected chi connectivity index (χ1v) is 25.8. The summed E-state index contributed by atoms with van der Waals surface area (Å²) in [6.45, 7) is 21.3. The maximum Gasteiger partial charge on any atom is 0.500 e. The number of benzene rings is 1. The summed E-state index contributed by atoms with van der Waals surface area (Å²) in [4.78, 5) is 12.1. The van der Waals surface area contributed by atoms with Gasteiger partial charge in [0, 0.05) is 44.4 Å². The number of aryl methyl sites for hydroxylation is 1. The van der Waals surface area contributed by atoms with Crippen LogP contribution in [-0.4, -0.2) is 227 Å². The van der Waals surface area contributed by atoms with Crippen molar-refractivity contribution in [1.82, 2.24) is 25.7 Å². The molecule has 0 aliphatic heterocycles. The maximum atomic E-state index is 12.1. The summed E-state index contributed by atoms with van der Waals surface area (Å²) < 4.78 is 89.4. The highest BCUT2D eigenvalue weighted by Gasteiger charge is 2.39. The molecular weight excluding hydrogens is 911 g/mol. The van der Waals surface area contributed by atoms with Crippen LogP contribution in [-0.2, 0) is 74.9 Å². The lowest BCUT2D eigenvalue weighted by molar-refractivity contribution is -0.122. The van der Waals surface area contributed by atoms with E-state index in [-0.39, 0.29) is 5.91 Å². The highest BCUT2D eigenvalue weighted by Crippen LogP contribution is 2.19. The normalized spacial score (nSPS) is 11.7. The number of rotatable bonds is 51. The molecule has 0 bridgehead atoms. The predicted molar refractivity (Wildman–Crippen MR) is 251 cm³/mol. The molecule has 1 aromatic heterocycles. The van der Waals surface area contributed by atoms with Crippen molar-refractivity contribution in [2.24, 2.45) is 0 Å². The lowest BCUT2D eigenvalue weighted by Gasteiger charge is -2.28. The first-order chi connectivity index (χ1) is 33.5. The third-order valence-electron chi connectivity index (χ3n) is 8.83. The summed E-state index contributed by atoms with van der Waals surface area (Å²) in [7, 11) is -2.68. The van der Waals surface area contributed by atoms with E-state index in [4.69, 9.17) is 74.9 Å². The van der Waals surface area contributed by atoms with Gasteiger partial charge in [-0.05, 0) is 58.4 Å². The van der Waals surface area contributed by atoms with Crippen LogP contribution in [0.2, 0.25) is 6.04 Å². The second-order valence-corrected chi connectivity index (χ2v) is 16.9. The standard InChI is InChI=1S/C45H81N5O17Si/c1-5-65-68(66-6-2,67-7-3)40-8-14-46-44(51)13-15-52-16-17-53-18-19-54-20-21-55-22-23-56-24-25-57-26-27-58-28-29-59-30-31-60-32-33-61-34-35-62-36-37-63-38-39-64-43-11-9-42(10-12-43)45-49-47-41(4)48-50-45/h9-12H,5-8,13-40H2,1-4H3,(H,46,51). The Morgan fingerprint density at radius 1 is 0.456 bits per heavy atom. The molecule has 22 nitrogen and oxygen atoms in total. The molecule has 0 radical (unpaired) electrons. The number of ether oxygens (including phenoxy) is 13. The first kappa shape index (κ1) is 61.2. The van der Waals surface area contributed by atoms with Crippen LogP contribution in [0, 0.1) is 6.92 Å². The van der Waals surface area contributed by atoms with E-state index in [1.165, 1.54) is 0 Å². The second-order valence-electron chi connectivity index (χ2n) is 14.2. The van der Waals surface area contributed by atoms with Gasteiger partial charge in [0.1, 0.15) is 12.4 Å². The van der Waals surface area contributed by atoms with Crippen LogP contribution in [0.5, 0.6) is 5.75 Å². The second kappa shape index (κ2) is 45.2. The lowest BCUT2D eigenvalue weighted by atomic mass is 10.2. The van der Waals surface area contributed by atoms with Gasteiger partial charge in [-0.1, -0.05) is 0 Å². The minimum atomic E-state index is -2.68. The van der Waals surface area contributed by atoms with Gasteiger partial charge >= 0.3 is 8.80 Å². The molecule has 23 heteroatoms. The van der Waals surface area contributed by atoms with Crippen molar-refractivity contribution >= 4 is 14.7 Å². The largest absolute Gasteiger partial charge is 0.500 e. The summed E-state index contributed by atoms with van der Waals surface area (Å²) in [6.07, 6.45) is 1.01. The van der Waals surface area contributed by atoms with Crippen molar-refractivity contribution in [3.05, 3.63) is 30.1 Å². The van der Waals surface area contributed by atoms with Crippen LogP contribution >= 0.6 is 0 Å². The van der Waals surface area contributed by atoms with Gasteiger partial charge in [-0.2, -0.15) is 0 Å². The number of hydrogen-bond donors (Lipinski definition) is 1. The van der Waals surface area contributed by atoms with E-state index in [1.807, 2.05) is 45.0 Å². The van der Waals surface area contributed by atoms with Gasteiger partial charge in [-0.25, -0.2) is 0 Å². The van der Waals surface area contributed by atoms with E-state index in [0.29, 0.717) is 216 Å². The predicted octanol–water partition coefficient (Wildman–Crippen LogP) is 2.76. The molecule has 0 saturated carbocycles. The van der Waals surface area contributed by atoms with E-state index in [9.17, 15) is 4.79 Å². The Labute approximate surface area is 404 Å². The van der Waals surface area contributed by atoms with E-state index in [0.717, 1.165) is 17.7 Å². The maximum absolute atomic E-state index is 12.1. The summed E-state index contributed by atoms with van der Waals surface area (Å²) in [6, 6.07) is 8.08. The van der Waals surface area contributed by atoms with Crippen molar-refractivity contribution < 1.29 is 79.7 Å². The van der Waals surface area contributed by atoms with Gasteiger partial charge in [-0.3, -0.25) is 4.79 Å². The zero-order chi connectivity index (χ0) is 48.7. The van der Waals surface area contributed by atoms with Gasteiger partial charge in [0.05, 0.1) is 159 Å². The van der Waals surface area contributed by atoms with Gasteiger partial charge in [0.2, 0.25) is 11.7 Å². The number of carbonyl (C=O) groups is 1. The topological polar surface area (TPSA) is 228 Å². The molecule has 2 aromatic rings. The highest BCUT2D eigenvalue weighted by atomic mass is 28.4. The minimum Gasteiger partial charge on any atom is -0.491 e. The molecule has 392 valence electrons. The van der Waals surface area contributed by atoms with Crippen molar-refractivity contribution in [1.29, 1.82) is 0 Å². The molecule has 2 rings (SSSR count). The first-order valence-electron chi connectivity index (χ1n) is 23.9. The van der Waals surface area contributed by atoms with Crippen molar-refractivity contribution in [3.63, 3.8) is 0 Å². The van der Waals surface area contributed by atoms with Gasteiger partial charge < -0.3 is 80.2 Å². The van der Waals surface area contributed by atoms with E-state index < -0.39 is 8.80 Å². The van der Waals surface area contributed by atoms with Gasteiger partial charge in [0.25, 0.3) is 0 Å². The minimum absolute atomic E-state index is 0.0565. The van der Waals surface area contributed by atoms with Crippen LogP contribution in [0.25, 0.3) is 11.4 Å². The molecular formula is C45H81N5O17Si. The molecule has 68 heavy (non-hydrogen) atoms. The fourth-order valence-corrected chi connectivity index (χ4v) is 8.23. The number of nitrogens with zero attached hydrogens (tertiary/aromatic N) is 4. The lowest BCUT2D eigenvalue weighted by Crippen LogP contribution is -2.46. The Kier molecular flexibility index (Phi) is 40.7. The smallest absolute Gasteiger partial charge is 0.491 e. The number of amides is 1. The summed E-state index contributed by atoms with van der Waals surface area (Å²) in [5.41, 5.74) is 0.817. The zero-order valence-electron chi connectivity index (χ0n) is 41.2. The van der Waals surface area contributed by atoms with Gasteiger partial charge in [0.15, 0.2) is 5.82 Å². The van der Waals surface area contributed by atoms with Gasteiger partial charge in [-0.15, -0.1) is 20.4 Å². The molecule has 0 fully saturated rings. The molecule has 0 atom stereocenters. The monoisotopic (exact) mass is 992 g/mol.